The Morgan fingerprint density at radius 3 is 2.50 bits per heavy atom. The number of furan rings is 1. The van der Waals surface area contributed by atoms with Crippen LogP contribution in [-0.2, 0) is 11.0 Å². The lowest BCUT2D eigenvalue weighted by Gasteiger charge is -2.09. The average molecular weight is 451 g/mol. The number of rotatable bonds is 4. The number of nitrogens with zero attached hydrogens (tertiary/aromatic N) is 1. The topological polar surface area (TPSA) is 66.0 Å². The molecule has 0 aliphatic heterocycles. The van der Waals surface area contributed by atoms with Gasteiger partial charge in [-0.25, -0.2) is 0 Å². The molecule has 1 N–H and O–H groups in total. The summed E-state index contributed by atoms with van der Waals surface area (Å²) in [7, 11) is 0. The van der Waals surface area contributed by atoms with Crippen molar-refractivity contribution in [2.45, 2.75) is 6.18 Å². The summed E-state index contributed by atoms with van der Waals surface area (Å²) in [6.07, 6.45) is -3.37. The number of anilines is 1. The molecule has 9 heteroatoms. The number of amides is 1. The third-order valence-corrected chi connectivity index (χ3v) is 4.67. The van der Waals surface area contributed by atoms with E-state index in [1.165, 1.54) is 18.2 Å². The summed E-state index contributed by atoms with van der Waals surface area (Å²) in [4.78, 5) is 12.3. The molecular formula is C21H11Cl2F3N2O2. The van der Waals surface area contributed by atoms with Crippen molar-refractivity contribution in [3.8, 4) is 17.4 Å². The fourth-order valence-corrected chi connectivity index (χ4v) is 2.80. The van der Waals surface area contributed by atoms with E-state index in [1.807, 2.05) is 0 Å². The summed E-state index contributed by atoms with van der Waals surface area (Å²) >= 11 is 11.9. The van der Waals surface area contributed by atoms with Crippen molar-refractivity contribution in [3.05, 3.63) is 81.5 Å². The van der Waals surface area contributed by atoms with Crippen LogP contribution in [0.15, 0.2) is 64.6 Å². The molecule has 0 aliphatic rings. The number of nitriles is 1. The molecule has 4 nitrogen and oxygen atoms in total. The predicted octanol–water partition coefficient (Wildman–Crippen LogP) is 6.82. The Bertz CT molecular complexity index is 1180. The van der Waals surface area contributed by atoms with Gasteiger partial charge in [0.05, 0.1) is 15.6 Å². The number of carbonyl (C=O) groups excluding carboxylic acids is 1. The molecule has 30 heavy (non-hydrogen) atoms. The molecular weight excluding hydrogens is 440 g/mol. The van der Waals surface area contributed by atoms with Gasteiger partial charge in [-0.05, 0) is 48.5 Å². The lowest BCUT2D eigenvalue weighted by atomic mass is 10.1. The normalized spacial score (nSPS) is 11.8. The third-order valence-electron chi connectivity index (χ3n) is 3.93. The number of hydrogen-bond donors (Lipinski definition) is 1. The molecule has 0 radical (unpaired) electrons. The van der Waals surface area contributed by atoms with Crippen LogP contribution in [0.2, 0.25) is 10.0 Å². The van der Waals surface area contributed by atoms with E-state index >= 15 is 0 Å². The molecule has 2 aromatic carbocycles. The van der Waals surface area contributed by atoms with Gasteiger partial charge in [0.25, 0.3) is 5.91 Å². The Morgan fingerprint density at radius 1 is 1.07 bits per heavy atom. The van der Waals surface area contributed by atoms with Gasteiger partial charge in [-0.1, -0.05) is 29.3 Å². The minimum absolute atomic E-state index is 0.0908. The Kier molecular flexibility index (Phi) is 6.20. The number of alkyl halides is 3. The highest BCUT2D eigenvalue weighted by molar-refractivity contribution is 6.42. The van der Waals surface area contributed by atoms with Gasteiger partial charge in [0, 0.05) is 17.3 Å². The molecule has 152 valence electrons. The van der Waals surface area contributed by atoms with Gasteiger partial charge >= 0.3 is 6.18 Å². The highest BCUT2D eigenvalue weighted by Crippen LogP contribution is 2.31. The maximum absolute atomic E-state index is 12.8. The zero-order valence-corrected chi connectivity index (χ0v) is 16.4. The van der Waals surface area contributed by atoms with Crippen LogP contribution in [0.5, 0.6) is 0 Å². The van der Waals surface area contributed by atoms with Crippen LogP contribution in [0, 0.1) is 11.3 Å². The molecule has 3 aromatic rings. The van der Waals surface area contributed by atoms with Crippen LogP contribution in [-0.4, -0.2) is 5.91 Å². The Labute approximate surface area is 179 Å². The second-order valence-corrected chi connectivity index (χ2v) is 6.85. The van der Waals surface area contributed by atoms with Crippen molar-refractivity contribution >= 4 is 40.9 Å². The molecule has 0 aliphatic carbocycles. The first-order chi connectivity index (χ1) is 14.2. The largest absolute Gasteiger partial charge is 0.457 e. The first kappa shape index (κ1) is 21.5. The van der Waals surface area contributed by atoms with E-state index in [0.29, 0.717) is 21.4 Å². The minimum atomic E-state index is -4.55. The second kappa shape index (κ2) is 8.66. The summed E-state index contributed by atoms with van der Waals surface area (Å²) in [5.41, 5.74) is -0.717. The Hall–Kier alpha value is -3.21. The van der Waals surface area contributed by atoms with E-state index in [2.05, 4.69) is 5.32 Å². The van der Waals surface area contributed by atoms with E-state index in [4.69, 9.17) is 27.6 Å². The minimum Gasteiger partial charge on any atom is -0.457 e. The smallest absolute Gasteiger partial charge is 0.416 e. The first-order valence-electron chi connectivity index (χ1n) is 8.33. The summed E-state index contributed by atoms with van der Waals surface area (Å²) < 4.78 is 44.0. The summed E-state index contributed by atoms with van der Waals surface area (Å²) in [6.45, 7) is 0. The van der Waals surface area contributed by atoms with Crippen molar-refractivity contribution in [2.24, 2.45) is 0 Å². The first-order valence-corrected chi connectivity index (χ1v) is 9.08. The second-order valence-electron chi connectivity index (χ2n) is 6.03. The molecule has 1 amide bonds. The predicted molar refractivity (Wildman–Crippen MR) is 108 cm³/mol. The van der Waals surface area contributed by atoms with E-state index in [1.54, 1.807) is 30.3 Å². The fourth-order valence-electron chi connectivity index (χ4n) is 2.50. The number of nitrogens with one attached hydrogen (secondary N) is 1. The lowest BCUT2D eigenvalue weighted by molar-refractivity contribution is -0.137. The van der Waals surface area contributed by atoms with E-state index in [9.17, 15) is 23.2 Å². The van der Waals surface area contributed by atoms with Crippen LogP contribution >= 0.6 is 23.2 Å². The molecule has 0 saturated heterocycles. The number of hydrogen-bond acceptors (Lipinski definition) is 3. The summed E-state index contributed by atoms with van der Waals surface area (Å²) in [5.74, 6) is -0.244. The van der Waals surface area contributed by atoms with Gasteiger partial charge in [-0.3, -0.25) is 4.79 Å². The molecule has 0 bridgehead atoms. The molecule has 1 aromatic heterocycles. The van der Waals surface area contributed by atoms with Crippen molar-refractivity contribution < 1.29 is 22.4 Å². The van der Waals surface area contributed by atoms with Crippen LogP contribution in [0.1, 0.15) is 11.3 Å². The fraction of sp³-hybridized carbons (Fsp3) is 0.0476. The number of carbonyl (C=O) groups is 1. The van der Waals surface area contributed by atoms with Gasteiger partial charge < -0.3 is 9.73 Å². The highest BCUT2D eigenvalue weighted by atomic mass is 35.5. The molecule has 0 unspecified atom stereocenters. The zero-order valence-electron chi connectivity index (χ0n) is 14.9. The molecule has 3 rings (SSSR count). The van der Waals surface area contributed by atoms with Gasteiger partial charge in [0.15, 0.2) is 0 Å². The van der Waals surface area contributed by atoms with E-state index < -0.39 is 17.6 Å². The molecule has 0 saturated carbocycles. The van der Waals surface area contributed by atoms with Gasteiger partial charge in [0.2, 0.25) is 0 Å². The highest BCUT2D eigenvalue weighted by Gasteiger charge is 2.30. The molecule has 0 fully saturated rings. The molecule has 0 spiro atoms. The van der Waals surface area contributed by atoms with E-state index in [-0.39, 0.29) is 17.0 Å². The maximum atomic E-state index is 12.8. The lowest BCUT2D eigenvalue weighted by Crippen LogP contribution is -2.14. The van der Waals surface area contributed by atoms with Crippen molar-refractivity contribution in [1.29, 1.82) is 5.26 Å². The summed E-state index contributed by atoms with van der Waals surface area (Å²) in [5, 5.41) is 12.3. The standard InChI is InChI=1S/C21H11Cl2F3N2O2/c22-17-6-4-12(9-18(17)23)19-7-5-16(30-19)8-13(11-27)20(29)28-15-3-1-2-14(10-15)21(24,25)26/h1-10H,(H,28,29)/b13-8+. The zero-order chi connectivity index (χ0) is 21.9. The Morgan fingerprint density at radius 2 is 1.83 bits per heavy atom. The molecule has 1 heterocycles. The number of halogens is 5. The molecule has 0 atom stereocenters. The van der Waals surface area contributed by atoms with Gasteiger partial charge in [-0.2, -0.15) is 18.4 Å². The monoisotopic (exact) mass is 450 g/mol. The quantitative estimate of drug-likeness (QED) is 0.350. The Balaban J connectivity index is 1.81. The van der Waals surface area contributed by atoms with Crippen molar-refractivity contribution in [1.82, 2.24) is 0 Å². The average Bonchev–Trinajstić information content (AvgIpc) is 3.16. The van der Waals surface area contributed by atoms with E-state index in [0.717, 1.165) is 18.2 Å². The van der Waals surface area contributed by atoms with Crippen LogP contribution in [0.4, 0.5) is 18.9 Å². The van der Waals surface area contributed by atoms with Gasteiger partial charge in [0.1, 0.15) is 23.2 Å². The SMILES string of the molecule is N#C/C(=C\c1ccc(-c2ccc(Cl)c(Cl)c2)o1)C(=O)Nc1cccc(C(F)(F)F)c1. The third kappa shape index (κ3) is 5.03. The summed E-state index contributed by atoms with van der Waals surface area (Å²) in [6, 6.07) is 13.8. The van der Waals surface area contributed by atoms with Crippen LogP contribution in [0.3, 0.4) is 0 Å². The van der Waals surface area contributed by atoms with Crippen molar-refractivity contribution in [3.63, 3.8) is 0 Å². The van der Waals surface area contributed by atoms with Gasteiger partial charge in [-0.15, -0.1) is 0 Å². The maximum Gasteiger partial charge on any atom is 0.416 e. The van der Waals surface area contributed by atoms with Crippen LogP contribution < -0.4 is 5.32 Å². The van der Waals surface area contributed by atoms with Crippen molar-refractivity contribution in [2.75, 3.05) is 5.32 Å². The number of benzene rings is 2. The van der Waals surface area contributed by atoms with Crippen LogP contribution in [0.25, 0.3) is 17.4 Å².